The van der Waals surface area contributed by atoms with Gasteiger partial charge in [0.1, 0.15) is 0 Å². The fourth-order valence-corrected chi connectivity index (χ4v) is 3.57. The van der Waals surface area contributed by atoms with Gasteiger partial charge in [-0.05, 0) is 37.5 Å². The molecule has 1 unspecified atom stereocenters. The van der Waals surface area contributed by atoms with Crippen molar-refractivity contribution in [2.45, 2.75) is 19.3 Å². The minimum Gasteiger partial charge on any atom is -0.381 e. The number of hydrogen-bond acceptors (Lipinski definition) is 3. The Balaban J connectivity index is 1.68. The first kappa shape index (κ1) is 15.6. The summed E-state index contributed by atoms with van der Waals surface area (Å²) in [5.41, 5.74) is 1.71. The van der Waals surface area contributed by atoms with Crippen molar-refractivity contribution in [3.8, 4) is 0 Å². The van der Waals surface area contributed by atoms with Crippen LogP contribution < -0.4 is 4.90 Å². The van der Waals surface area contributed by atoms with Gasteiger partial charge in [0, 0.05) is 44.8 Å². The molecule has 0 N–H and O–H groups in total. The zero-order valence-corrected chi connectivity index (χ0v) is 13.8. The molecule has 2 heterocycles. The number of benzene rings is 1. The largest absolute Gasteiger partial charge is 0.381 e. The number of halogens is 1. The molecular formula is C17H23ClN2O2. The fraction of sp³-hybridized carbons (Fsp3) is 0.588. The predicted molar refractivity (Wildman–Crippen MR) is 88.8 cm³/mol. The van der Waals surface area contributed by atoms with E-state index >= 15 is 0 Å². The van der Waals surface area contributed by atoms with Crippen molar-refractivity contribution in [3.05, 3.63) is 28.8 Å². The van der Waals surface area contributed by atoms with E-state index in [1.54, 1.807) is 11.0 Å². The van der Waals surface area contributed by atoms with Crippen LogP contribution in [0.25, 0.3) is 0 Å². The maximum Gasteiger partial charge on any atom is 0.253 e. The number of anilines is 1. The van der Waals surface area contributed by atoms with Gasteiger partial charge in [0.25, 0.3) is 5.91 Å². The Kier molecular flexibility index (Phi) is 4.89. The third-order valence-corrected chi connectivity index (χ3v) is 4.85. The zero-order chi connectivity index (χ0) is 15.5. The Morgan fingerprint density at radius 2 is 2.18 bits per heavy atom. The molecule has 2 fully saturated rings. The summed E-state index contributed by atoms with van der Waals surface area (Å²) in [6.07, 6.45) is 3.46. The van der Waals surface area contributed by atoms with E-state index in [4.69, 9.17) is 16.3 Å². The van der Waals surface area contributed by atoms with Crippen LogP contribution in [0.15, 0.2) is 18.2 Å². The molecule has 0 bridgehead atoms. The van der Waals surface area contributed by atoms with Gasteiger partial charge in [-0.15, -0.1) is 0 Å². The van der Waals surface area contributed by atoms with Crippen molar-refractivity contribution >= 4 is 23.2 Å². The smallest absolute Gasteiger partial charge is 0.253 e. The van der Waals surface area contributed by atoms with Crippen LogP contribution >= 0.6 is 11.6 Å². The van der Waals surface area contributed by atoms with Crippen molar-refractivity contribution in [2.24, 2.45) is 5.92 Å². The van der Waals surface area contributed by atoms with Gasteiger partial charge in [0.2, 0.25) is 0 Å². The average molecular weight is 323 g/mol. The summed E-state index contributed by atoms with van der Waals surface area (Å²) in [6.45, 7) is 4.41. The number of rotatable bonds is 4. The first-order chi connectivity index (χ1) is 10.6. The van der Waals surface area contributed by atoms with Crippen molar-refractivity contribution in [1.29, 1.82) is 0 Å². The van der Waals surface area contributed by atoms with Crippen molar-refractivity contribution in [1.82, 2.24) is 4.90 Å². The van der Waals surface area contributed by atoms with E-state index < -0.39 is 0 Å². The standard InChI is InChI=1S/C17H23ClN2O2/c1-19(11-13-6-9-22-12-13)17(21)14-4-5-16(15(18)10-14)20-7-2-3-8-20/h4-5,10,13H,2-3,6-9,11-12H2,1H3. The minimum absolute atomic E-state index is 0.0294. The molecule has 4 nitrogen and oxygen atoms in total. The van der Waals surface area contributed by atoms with Crippen molar-refractivity contribution in [3.63, 3.8) is 0 Å². The highest BCUT2D eigenvalue weighted by Crippen LogP contribution is 2.30. The van der Waals surface area contributed by atoms with Crippen LogP contribution in [0, 0.1) is 5.92 Å². The Morgan fingerprint density at radius 1 is 1.41 bits per heavy atom. The van der Waals surface area contributed by atoms with Crippen molar-refractivity contribution < 1.29 is 9.53 Å². The van der Waals surface area contributed by atoms with Crippen LogP contribution in [0.5, 0.6) is 0 Å². The molecule has 2 aliphatic rings. The van der Waals surface area contributed by atoms with E-state index in [9.17, 15) is 4.79 Å². The number of amides is 1. The molecule has 0 aromatic heterocycles. The summed E-state index contributed by atoms with van der Waals surface area (Å²) in [5.74, 6) is 0.482. The zero-order valence-electron chi connectivity index (χ0n) is 13.1. The highest BCUT2D eigenvalue weighted by molar-refractivity contribution is 6.33. The van der Waals surface area contributed by atoms with Gasteiger partial charge in [-0.2, -0.15) is 0 Å². The molecular weight excluding hydrogens is 300 g/mol. The number of nitrogens with zero attached hydrogens (tertiary/aromatic N) is 2. The minimum atomic E-state index is 0.0294. The number of carbonyl (C=O) groups excluding carboxylic acids is 1. The molecule has 0 saturated carbocycles. The molecule has 3 rings (SSSR count). The monoisotopic (exact) mass is 322 g/mol. The topological polar surface area (TPSA) is 32.8 Å². The molecule has 2 aliphatic heterocycles. The number of carbonyl (C=O) groups is 1. The summed E-state index contributed by atoms with van der Waals surface area (Å²) in [4.78, 5) is 16.6. The lowest BCUT2D eigenvalue weighted by Crippen LogP contribution is -2.32. The lowest BCUT2D eigenvalue weighted by Gasteiger charge is -2.22. The molecule has 0 radical (unpaired) electrons. The van der Waals surface area contributed by atoms with Crippen LogP contribution in [0.2, 0.25) is 5.02 Å². The van der Waals surface area contributed by atoms with Gasteiger partial charge in [-0.3, -0.25) is 4.79 Å². The summed E-state index contributed by atoms with van der Waals surface area (Å²) in [5, 5.41) is 0.672. The van der Waals surface area contributed by atoms with Gasteiger partial charge in [0.15, 0.2) is 0 Å². The first-order valence-corrected chi connectivity index (χ1v) is 8.40. The van der Waals surface area contributed by atoms with Crippen molar-refractivity contribution in [2.75, 3.05) is 44.8 Å². The molecule has 0 spiro atoms. The lowest BCUT2D eigenvalue weighted by molar-refractivity contribution is 0.0766. The van der Waals surface area contributed by atoms with Gasteiger partial charge in [0.05, 0.1) is 17.3 Å². The normalized spacial score (nSPS) is 21.4. The van der Waals surface area contributed by atoms with E-state index in [1.165, 1.54) is 12.8 Å². The predicted octanol–water partition coefficient (Wildman–Crippen LogP) is 3.05. The Labute approximate surface area is 137 Å². The maximum atomic E-state index is 12.5. The second-order valence-electron chi connectivity index (χ2n) is 6.28. The fourth-order valence-electron chi connectivity index (χ4n) is 3.27. The summed E-state index contributed by atoms with van der Waals surface area (Å²) in [6, 6.07) is 5.68. The highest BCUT2D eigenvalue weighted by Gasteiger charge is 2.22. The third-order valence-electron chi connectivity index (χ3n) is 4.54. The van der Waals surface area contributed by atoms with E-state index in [0.717, 1.165) is 45.0 Å². The molecule has 22 heavy (non-hydrogen) atoms. The van der Waals surface area contributed by atoms with E-state index in [-0.39, 0.29) is 5.91 Å². The Morgan fingerprint density at radius 3 is 2.82 bits per heavy atom. The van der Waals surface area contributed by atoms with Crippen LogP contribution in [-0.4, -0.2) is 50.7 Å². The summed E-state index contributed by atoms with van der Waals surface area (Å²) < 4.78 is 5.37. The Hall–Kier alpha value is -1.26. The SMILES string of the molecule is CN(CC1CCOC1)C(=O)c1ccc(N2CCCC2)c(Cl)c1. The maximum absolute atomic E-state index is 12.5. The van der Waals surface area contributed by atoms with Gasteiger partial charge in [-0.1, -0.05) is 11.6 Å². The van der Waals surface area contributed by atoms with Gasteiger partial charge >= 0.3 is 0 Å². The first-order valence-electron chi connectivity index (χ1n) is 8.03. The molecule has 1 aromatic rings. The summed E-state index contributed by atoms with van der Waals surface area (Å²) in [7, 11) is 1.85. The lowest BCUT2D eigenvalue weighted by atomic mass is 10.1. The van der Waals surface area contributed by atoms with Crippen LogP contribution in [0.4, 0.5) is 5.69 Å². The number of ether oxygens (including phenoxy) is 1. The summed E-state index contributed by atoms with van der Waals surface area (Å²) >= 11 is 6.40. The van der Waals surface area contributed by atoms with Crippen LogP contribution in [0.1, 0.15) is 29.6 Å². The van der Waals surface area contributed by atoms with E-state index in [1.807, 2.05) is 19.2 Å². The van der Waals surface area contributed by atoms with Crippen LogP contribution in [0.3, 0.4) is 0 Å². The highest BCUT2D eigenvalue weighted by atomic mass is 35.5. The van der Waals surface area contributed by atoms with Crippen LogP contribution in [-0.2, 0) is 4.74 Å². The Bertz CT molecular complexity index is 537. The molecule has 1 amide bonds. The van der Waals surface area contributed by atoms with E-state index in [2.05, 4.69) is 4.90 Å². The number of hydrogen-bond donors (Lipinski definition) is 0. The molecule has 2 saturated heterocycles. The molecule has 1 aromatic carbocycles. The quantitative estimate of drug-likeness (QED) is 0.854. The molecule has 120 valence electrons. The average Bonchev–Trinajstić information content (AvgIpc) is 3.19. The molecule has 5 heteroatoms. The molecule has 1 atom stereocenters. The third kappa shape index (κ3) is 3.39. The van der Waals surface area contributed by atoms with Gasteiger partial charge in [-0.25, -0.2) is 0 Å². The van der Waals surface area contributed by atoms with Gasteiger partial charge < -0.3 is 14.5 Å². The second kappa shape index (κ2) is 6.88. The van der Waals surface area contributed by atoms with E-state index in [0.29, 0.717) is 16.5 Å². The molecule has 0 aliphatic carbocycles. The second-order valence-corrected chi connectivity index (χ2v) is 6.68.